The molecule has 2 rings (SSSR count). The fraction of sp³-hybridized carbons (Fsp3) is 0.846. The zero-order valence-corrected chi connectivity index (χ0v) is 11.1. The molecule has 0 aliphatic heterocycles. The minimum absolute atomic E-state index is 0.163. The minimum Gasteiger partial charge on any atom is -0.355 e. The van der Waals surface area contributed by atoms with Crippen LogP contribution in [0.4, 0.5) is 0 Å². The number of carbonyl (C=O) groups excluding carboxylic acids is 2. The van der Waals surface area contributed by atoms with E-state index in [1.54, 1.807) is 0 Å². The van der Waals surface area contributed by atoms with E-state index in [-0.39, 0.29) is 17.7 Å². The standard InChI is InChI=1S/C13H23N3O2/c1-2-16(11-5-6-11)12(17)9-14-7-8-15-13(18)10-3-4-10/h10-11,14H,2-9H2,1H3,(H,15,18). The molecule has 2 saturated carbocycles. The van der Waals surface area contributed by atoms with Crippen LogP contribution in [0.15, 0.2) is 0 Å². The largest absolute Gasteiger partial charge is 0.355 e. The van der Waals surface area contributed by atoms with E-state index in [2.05, 4.69) is 10.6 Å². The van der Waals surface area contributed by atoms with E-state index in [0.29, 0.717) is 25.7 Å². The monoisotopic (exact) mass is 253 g/mol. The van der Waals surface area contributed by atoms with E-state index in [9.17, 15) is 9.59 Å². The Hall–Kier alpha value is -1.10. The molecule has 5 heteroatoms. The summed E-state index contributed by atoms with van der Waals surface area (Å²) in [5.74, 6) is 0.599. The zero-order chi connectivity index (χ0) is 13.0. The van der Waals surface area contributed by atoms with Crippen molar-refractivity contribution in [3.8, 4) is 0 Å². The second-order valence-corrected chi connectivity index (χ2v) is 5.15. The molecule has 0 bridgehead atoms. The highest BCUT2D eigenvalue weighted by Gasteiger charge is 2.31. The van der Waals surface area contributed by atoms with Crippen LogP contribution in [-0.4, -0.2) is 48.9 Å². The third-order valence-corrected chi connectivity index (χ3v) is 3.47. The number of rotatable bonds is 8. The Kier molecular flexibility index (Phi) is 4.58. The van der Waals surface area contributed by atoms with Crippen molar-refractivity contribution in [3.63, 3.8) is 0 Å². The van der Waals surface area contributed by atoms with Gasteiger partial charge in [0.2, 0.25) is 11.8 Å². The van der Waals surface area contributed by atoms with Gasteiger partial charge in [0.25, 0.3) is 0 Å². The average molecular weight is 253 g/mol. The summed E-state index contributed by atoms with van der Waals surface area (Å²) in [5.41, 5.74) is 0. The van der Waals surface area contributed by atoms with Gasteiger partial charge in [0.05, 0.1) is 6.54 Å². The topological polar surface area (TPSA) is 61.4 Å². The number of nitrogens with one attached hydrogen (secondary N) is 2. The third kappa shape index (κ3) is 3.98. The van der Waals surface area contributed by atoms with E-state index in [1.807, 2.05) is 11.8 Å². The van der Waals surface area contributed by atoms with E-state index < -0.39 is 0 Å². The molecular formula is C13H23N3O2. The number of nitrogens with zero attached hydrogens (tertiary/aromatic N) is 1. The van der Waals surface area contributed by atoms with Gasteiger partial charge in [-0.25, -0.2) is 0 Å². The summed E-state index contributed by atoms with van der Waals surface area (Å²) in [6.45, 7) is 4.46. The van der Waals surface area contributed by atoms with Crippen LogP contribution in [0, 0.1) is 5.92 Å². The van der Waals surface area contributed by atoms with Gasteiger partial charge in [0.15, 0.2) is 0 Å². The van der Waals surface area contributed by atoms with Gasteiger partial charge in [-0.3, -0.25) is 9.59 Å². The summed E-state index contributed by atoms with van der Waals surface area (Å²) in [5, 5.41) is 5.96. The molecule has 0 aromatic carbocycles. The third-order valence-electron chi connectivity index (χ3n) is 3.47. The molecule has 2 amide bonds. The Morgan fingerprint density at radius 3 is 2.44 bits per heavy atom. The Labute approximate surface area is 108 Å². The first kappa shape index (κ1) is 13.3. The maximum Gasteiger partial charge on any atom is 0.236 e. The van der Waals surface area contributed by atoms with Crippen molar-refractivity contribution >= 4 is 11.8 Å². The van der Waals surface area contributed by atoms with Gasteiger partial charge in [-0.2, -0.15) is 0 Å². The first-order chi connectivity index (χ1) is 8.72. The number of likely N-dealkylation sites (N-methyl/N-ethyl adjacent to an activating group) is 1. The van der Waals surface area contributed by atoms with E-state index in [4.69, 9.17) is 0 Å². The SMILES string of the molecule is CCN(C(=O)CNCCNC(=O)C1CC1)C1CC1. The number of hydrogen-bond donors (Lipinski definition) is 2. The van der Waals surface area contributed by atoms with Crippen molar-refractivity contribution in [2.45, 2.75) is 38.6 Å². The Balaban J connectivity index is 1.51. The molecule has 0 heterocycles. The van der Waals surface area contributed by atoms with Crippen LogP contribution in [0.5, 0.6) is 0 Å². The average Bonchev–Trinajstić information content (AvgIpc) is 3.20. The fourth-order valence-electron chi connectivity index (χ4n) is 2.09. The molecule has 0 spiro atoms. The lowest BCUT2D eigenvalue weighted by molar-refractivity contribution is -0.130. The quantitative estimate of drug-likeness (QED) is 0.604. The van der Waals surface area contributed by atoms with Gasteiger partial charge in [-0.1, -0.05) is 0 Å². The Morgan fingerprint density at radius 1 is 1.17 bits per heavy atom. The van der Waals surface area contributed by atoms with Gasteiger partial charge < -0.3 is 15.5 Å². The molecule has 5 nitrogen and oxygen atoms in total. The van der Waals surface area contributed by atoms with Crippen LogP contribution >= 0.6 is 0 Å². The van der Waals surface area contributed by atoms with Crippen LogP contribution in [0.25, 0.3) is 0 Å². The summed E-state index contributed by atoms with van der Waals surface area (Å²) < 4.78 is 0. The molecule has 0 aromatic rings. The van der Waals surface area contributed by atoms with Crippen LogP contribution in [0.3, 0.4) is 0 Å². The molecule has 2 aliphatic carbocycles. The lowest BCUT2D eigenvalue weighted by atomic mass is 10.4. The summed E-state index contributed by atoms with van der Waals surface area (Å²) in [6.07, 6.45) is 4.36. The number of amides is 2. The normalized spacial score (nSPS) is 18.5. The van der Waals surface area contributed by atoms with Crippen LogP contribution in [-0.2, 0) is 9.59 Å². The smallest absolute Gasteiger partial charge is 0.236 e. The van der Waals surface area contributed by atoms with Crippen LogP contribution < -0.4 is 10.6 Å². The Bertz CT molecular complexity index is 311. The van der Waals surface area contributed by atoms with E-state index >= 15 is 0 Å². The highest BCUT2D eigenvalue weighted by atomic mass is 16.2. The minimum atomic E-state index is 0.163. The van der Waals surface area contributed by atoms with Crippen LogP contribution in [0.1, 0.15) is 32.6 Å². The molecule has 2 aliphatic rings. The molecular weight excluding hydrogens is 230 g/mol. The highest BCUT2D eigenvalue weighted by Crippen LogP contribution is 2.28. The van der Waals surface area contributed by atoms with Gasteiger partial charge >= 0.3 is 0 Å². The molecule has 0 atom stereocenters. The van der Waals surface area contributed by atoms with E-state index in [0.717, 1.165) is 32.2 Å². The van der Waals surface area contributed by atoms with Crippen molar-refractivity contribution in [2.75, 3.05) is 26.2 Å². The maximum atomic E-state index is 11.8. The lowest BCUT2D eigenvalue weighted by Gasteiger charge is -2.20. The maximum absolute atomic E-state index is 11.8. The molecule has 2 fully saturated rings. The van der Waals surface area contributed by atoms with Crippen LogP contribution in [0.2, 0.25) is 0 Å². The van der Waals surface area contributed by atoms with Gasteiger partial charge in [-0.15, -0.1) is 0 Å². The van der Waals surface area contributed by atoms with Crippen molar-refractivity contribution < 1.29 is 9.59 Å². The van der Waals surface area contributed by atoms with Crippen molar-refractivity contribution in [3.05, 3.63) is 0 Å². The molecule has 0 aromatic heterocycles. The molecule has 2 N–H and O–H groups in total. The van der Waals surface area contributed by atoms with Crippen molar-refractivity contribution in [1.29, 1.82) is 0 Å². The first-order valence-corrected chi connectivity index (χ1v) is 7.00. The molecule has 0 radical (unpaired) electrons. The van der Waals surface area contributed by atoms with Gasteiger partial charge in [0.1, 0.15) is 0 Å². The second kappa shape index (κ2) is 6.18. The molecule has 102 valence electrons. The fourth-order valence-corrected chi connectivity index (χ4v) is 2.09. The predicted molar refractivity (Wildman–Crippen MR) is 69.0 cm³/mol. The molecule has 0 unspecified atom stereocenters. The van der Waals surface area contributed by atoms with Crippen molar-refractivity contribution in [2.24, 2.45) is 5.92 Å². The molecule has 18 heavy (non-hydrogen) atoms. The number of hydrogen-bond acceptors (Lipinski definition) is 3. The number of carbonyl (C=O) groups is 2. The lowest BCUT2D eigenvalue weighted by Crippen LogP contribution is -2.41. The molecule has 0 saturated heterocycles. The summed E-state index contributed by atoms with van der Waals surface area (Å²) in [7, 11) is 0. The summed E-state index contributed by atoms with van der Waals surface area (Å²) in [6, 6.07) is 0.485. The zero-order valence-electron chi connectivity index (χ0n) is 11.1. The van der Waals surface area contributed by atoms with E-state index in [1.165, 1.54) is 0 Å². The summed E-state index contributed by atoms with van der Waals surface area (Å²) >= 11 is 0. The van der Waals surface area contributed by atoms with Gasteiger partial charge in [-0.05, 0) is 32.6 Å². The van der Waals surface area contributed by atoms with Gasteiger partial charge in [0, 0.05) is 31.6 Å². The predicted octanol–water partition coefficient (Wildman–Crippen LogP) is 0.113. The second-order valence-electron chi connectivity index (χ2n) is 5.15. The first-order valence-electron chi connectivity index (χ1n) is 7.00. The Morgan fingerprint density at radius 2 is 1.89 bits per heavy atom. The summed E-state index contributed by atoms with van der Waals surface area (Å²) in [4.78, 5) is 25.1. The van der Waals surface area contributed by atoms with Crippen molar-refractivity contribution in [1.82, 2.24) is 15.5 Å². The highest BCUT2D eigenvalue weighted by molar-refractivity contribution is 5.80.